The summed E-state index contributed by atoms with van der Waals surface area (Å²) in [7, 11) is 3.09. The number of benzene rings is 2. The van der Waals surface area contributed by atoms with E-state index in [0.717, 1.165) is 0 Å². The molecule has 1 unspecified atom stereocenters. The Morgan fingerprint density at radius 3 is 1.61 bits per heavy atom. The molecule has 0 aliphatic carbocycles. The number of aliphatic hydroxyl groups is 1. The molecule has 124 valence electrons. The highest BCUT2D eigenvalue weighted by Gasteiger charge is 2.33. The highest BCUT2D eigenvalue weighted by Crippen LogP contribution is 2.32. The average molecular weight is 338 g/mol. The van der Waals surface area contributed by atoms with Crippen LogP contribution in [-0.2, 0) is 21.1 Å². The number of rotatable bonds is 7. The molecule has 0 aliphatic rings. The van der Waals surface area contributed by atoms with Gasteiger partial charge in [0.15, 0.2) is 0 Å². The number of methoxy groups -OCH3 is 2. The zero-order chi connectivity index (χ0) is 16.9. The van der Waals surface area contributed by atoms with Gasteiger partial charge >= 0.3 is 11.4 Å². The molecule has 1 atom stereocenters. The molecule has 0 radical (unpaired) electrons. The van der Waals surface area contributed by atoms with Gasteiger partial charge in [0.2, 0.25) is 0 Å². The van der Waals surface area contributed by atoms with E-state index in [4.69, 9.17) is 18.2 Å². The Balaban J connectivity index is 2.42. The van der Waals surface area contributed by atoms with Crippen LogP contribution in [0, 0.1) is 0 Å². The van der Waals surface area contributed by atoms with Crippen LogP contribution in [0.1, 0.15) is 11.1 Å². The molecule has 0 saturated heterocycles. The van der Waals surface area contributed by atoms with Crippen LogP contribution in [0.25, 0.3) is 0 Å². The molecule has 2 aromatic rings. The summed E-state index contributed by atoms with van der Waals surface area (Å²) in [5.41, 5.74) is -0.570. The number of hydrogen-bond acceptors (Lipinski definition) is 5. The van der Waals surface area contributed by atoms with Crippen molar-refractivity contribution in [3.63, 3.8) is 0 Å². The lowest BCUT2D eigenvalue weighted by atomic mass is 9.87. The molecular weight excluding hydrogens is 320 g/mol. The molecule has 0 spiro atoms. The van der Waals surface area contributed by atoms with Crippen molar-refractivity contribution in [1.29, 1.82) is 0 Å². The summed E-state index contributed by atoms with van der Waals surface area (Å²) < 4.78 is 34.7. The van der Waals surface area contributed by atoms with Gasteiger partial charge in [0.05, 0.1) is 14.2 Å². The normalized spacial score (nSPS) is 12.7. The molecule has 0 bridgehead atoms. The van der Waals surface area contributed by atoms with Crippen molar-refractivity contribution in [2.24, 2.45) is 0 Å². The Kier molecular flexibility index (Phi) is 5.73. The maximum atomic E-state index is 11.1. The maximum Gasteiger partial charge on any atom is 0.302 e. The molecule has 23 heavy (non-hydrogen) atoms. The molecule has 2 aromatic carbocycles. The summed E-state index contributed by atoms with van der Waals surface area (Å²) in [6.45, 7) is -0.380. The van der Waals surface area contributed by atoms with Gasteiger partial charge in [-0.05, 0) is 35.4 Å². The first-order chi connectivity index (χ1) is 11.0. The quantitative estimate of drug-likeness (QED) is 0.752. The summed E-state index contributed by atoms with van der Waals surface area (Å²) in [4.78, 5) is 0. The lowest BCUT2D eigenvalue weighted by molar-refractivity contribution is 0.0292. The Morgan fingerprint density at radius 2 is 1.30 bits per heavy atom. The van der Waals surface area contributed by atoms with Crippen LogP contribution in [0.4, 0.5) is 0 Å². The van der Waals surface area contributed by atoms with E-state index < -0.39 is 17.0 Å². The van der Waals surface area contributed by atoms with Gasteiger partial charge in [-0.3, -0.25) is 8.74 Å². The highest BCUT2D eigenvalue weighted by atomic mass is 32.2. The van der Waals surface area contributed by atoms with Gasteiger partial charge in [-0.1, -0.05) is 24.3 Å². The van der Waals surface area contributed by atoms with Crippen molar-refractivity contribution in [2.75, 3.05) is 20.8 Å². The molecule has 0 amide bonds. The third kappa shape index (κ3) is 4.08. The minimum absolute atomic E-state index is 0.380. The van der Waals surface area contributed by atoms with E-state index in [1.165, 1.54) is 0 Å². The fraction of sp³-hybridized carbons (Fsp3) is 0.250. The molecule has 6 nitrogen and oxygen atoms in total. The van der Waals surface area contributed by atoms with Gasteiger partial charge in [0.25, 0.3) is 0 Å². The summed E-state index contributed by atoms with van der Waals surface area (Å²) >= 11 is -2.48. The summed E-state index contributed by atoms with van der Waals surface area (Å²) in [6, 6.07) is 13.5. The van der Waals surface area contributed by atoms with Crippen molar-refractivity contribution in [3.05, 3.63) is 59.7 Å². The van der Waals surface area contributed by atoms with E-state index in [1.807, 2.05) is 0 Å². The topological polar surface area (TPSA) is 85.2 Å². The number of hydrogen-bond donors (Lipinski definition) is 2. The minimum Gasteiger partial charge on any atom is -0.497 e. The summed E-state index contributed by atoms with van der Waals surface area (Å²) in [5.74, 6) is 1.27. The lowest BCUT2D eigenvalue weighted by Gasteiger charge is -2.28. The van der Waals surface area contributed by atoms with E-state index in [1.54, 1.807) is 62.8 Å². The molecule has 7 heteroatoms. The van der Waals surface area contributed by atoms with E-state index in [9.17, 15) is 9.32 Å². The third-order valence-electron chi connectivity index (χ3n) is 3.50. The Bertz CT molecular complexity index is 606. The minimum atomic E-state index is -2.48. The second-order valence-electron chi connectivity index (χ2n) is 4.80. The van der Waals surface area contributed by atoms with Gasteiger partial charge in [-0.25, -0.2) is 0 Å². The number of ether oxygens (including phenoxy) is 2. The van der Waals surface area contributed by atoms with Gasteiger partial charge in [0.1, 0.15) is 23.7 Å². The van der Waals surface area contributed by atoms with Crippen molar-refractivity contribution < 1.29 is 27.5 Å². The van der Waals surface area contributed by atoms with Crippen LogP contribution < -0.4 is 9.47 Å². The first kappa shape index (κ1) is 17.4. The van der Waals surface area contributed by atoms with Crippen LogP contribution in [0.15, 0.2) is 48.5 Å². The van der Waals surface area contributed by atoms with Gasteiger partial charge in [0, 0.05) is 0 Å². The van der Waals surface area contributed by atoms with Crippen LogP contribution in [-0.4, -0.2) is 34.7 Å². The first-order valence-corrected chi connectivity index (χ1v) is 7.78. The highest BCUT2D eigenvalue weighted by molar-refractivity contribution is 7.74. The molecule has 0 heterocycles. The van der Waals surface area contributed by atoms with Crippen LogP contribution in [0.5, 0.6) is 11.5 Å². The Labute approximate surface area is 137 Å². The summed E-state index contributed by atoms with van der Waals surface area (Å²) in [5, 5.41) is 11.1. The second kappa shape index (κ2) is 7.56. The monoisotopic (exact) mass is 338 g/mol. The van der Waals surface area contributed by atoms with Crippen molar-refractivity contribution in [1.82, 2.24) is 0 Å². The Morgan fingerprint density at radius 1 is 0.913 bits per heavy atom. The predicted octanol–water partition coefficient (Wildman–Crippen LogP) is 2.09. The molecule has 2 rings (SSSR count). The molecular formula is C16H18O6S. The molecule has 0 saturated carbocycles. The molecule has 0 aliphatic heterocycles. The van der Waals surface area contributed by atoms with Gasteiger partial charge in [-0.2, -0.15) is 4.21 Å². The fourth-order valence-corrected chi connectivity index (χ4v) is 2.47. The zero-order valence-corrected chi connectivity index (χ0v) is 13.6. The van der Waals surface area contributed by atoms with Gasteiger partial charge in [-0.15, -0.1) is 0 Å². The largest absolute Gasteiger partial charge is 0.497 e. The lowest BCUT2D eigenvalue weighted by Crippen LogP contribution is -2.33. The standard InChI is InChI=1S/C16H18O6S/c1-20-14-7-3-12(4-8-14)16(17,11-22-23(18)19)13-5-9-15(21-2)10-6-13/h3-10,17H,11H2,1-2H3,(H,18,19). The van der Waals surface area contributed by atoms with E-state index in [-0.39, 0.29) is 6.61 Å². The van der Waals surface area contributed by atoms with E-state index >= 15 is 0 Å². The fourth-order valence-electron chi connectivity index (χ4n) is 2.20. The van der Waals surface area contributed by atoms with E-state index in [2.05, 4.69) is 0 Å². The van der Waals surface area contributed by atoms with Gasteiger partial charge < -0.3 is 14.6 Å². The van der Waals surface area contributed by atoms with Crippen molar-refractivity contribution in [2.45, 2.75) is 5.60 Å². The van der Waals surface area contributed by atoms with Crippen molar-refractivity contribution >= 4 is 11.4 Å². The average Bonchev–Trinajstić information content (AvgIpc) is 2.59. The Hall–Kier alpha value is -1.93. The smallest absolute Gasteiger partial charge is 0.302 e. The van der Waals surface area contributed by atoms with Crippen LogP contribution in [0.3, 0.4) is 0 Å². The second-order valence-corrected chi connectivity index (χ2v) is 5.47. The predicted molar refractivity (Wildman–Crippen MR) is 85.7 cm³/mol. The van der Waals surface area contributed by atoms with Crippen molar-refractivity contribution in [3.8, 4) is 11.5 Å². The summed E-state index contributed by atoms with van der Waals surface area (Å²) in [6.07, 6.45) is 0. The van der Waals surface area contributed by atoms with Crippen LogP contribution in [0.2, 0.25) is 0 Å². The van der Waals surface area contributed by atoms with Crippen LogP contribution >= 0.6 is 0 Å². The molecule has 2 N–H and O–H groups in total. The first-order valence-electron chi connectivity index (χ1n) is 6.75. The zero-order valence-electron chi connectivity index (χ0n) is 12.8. The maximum absolute atomic E-state index is 11.1. The van der Waals surface area contributed by atoms with E-state index in [0.29, 0.717) is 22.6 Å². The SMILES string of the molecule is COc1ccc(C(O)(COS(=O)O)c2ccc(OC)cc2)cc1. The molecule has 0 aromatic heterocycles. The molecule has 0 fully saturated rings. The third-order valence-corrected chi connectivity index (χ3v) is 3.82.